The molecule has 2 N–H and O–H groups in total. The molecule has 5 nitrogen and oxygen atoms in total. The van der Waals surface area contributed by atoms with Gasteiger partial charge in [-0.25, -0.2) is 4.79 Å². The number of quaternary nitrogens is 1. The molecule has 1 amide bonds. The topological polar surface area (TPSA) is 63.8 Å². The molecular formula is C18H25N2O3+. The van der Waals surface area contributed by atoms with Gasteiger partial charge in [-0.2, -0.15) is 0 Å². The van der Waals surface area contributed by atoms with Crippen molar-refractivity contribution >= 4 is 16.9 Å². The lowest BCUT2D eigenvalue weighted by atomic mass is 10.0. The Labute approximate surface area is 136 Å². The van der Waals surface area contributed by atoms with E-state index in [0.29, 0.717) is 25.2 Å². The van der Waals surface area contributed by atoms with Crippen LogP contribution in [0.1, 0.15) is 30.0 Å². The molecule has 0 aliphatic rings. The molecule has 0 aliphatic heterocycles. The summed E-state index contributed by atoms with van der Waals surface area (Å²) in [6, 6.07) is 5.55. The Balaban J connectivity index is 2.24. The Kier molecular flexibility index (Phi) is 5.55. The monoisotopic (exact) mass is 317 g/mol. The van der Waals surface area contributed by atoms with Crippen molar-refractivity contribution in [3.63, 3.8) is 0 Å². The van der Waals surface area contributed by atoms with E-state index in [1.807, 2.05) is 40.0 Å². The quantitative estimate of drug-likeness (QED) is 0.780. The summed E-state index contributed by atoms with van der Waals surface area (Å²) in [7, 11) is 1.95. The van der Waals surface area contributed by atoms with Crippen LogP contribution in [0.15, 0.2) is 27.4 Å². The summed E-state index contributed by atoms with van der Waals surface area (Å²) in [4.78, 5) is 24.7. The molecule has 0 saturated carbocycles. The van der Waals surface area contributed by atoms with Gasteiger partial charge in [-0.05, 0) is 31.4 Å². The van der Waals surface area contributed by atoms with Gasteiger partial charge in [-0.3, -0.25) is 4.79 Å². The van der Waals surface area contributed by atoms with E-state index in [4.69, 9.17) is 4.42 Å². The Morgan fingerprint density at radius 3 is 2.74 bits per heavy atom. The number of hydrogen-bond acceptors (Lipinski definition) is 3. The number of benzene rings is 1. The molecule has 0 bridgehead atoms. The summed E-state index contributed by atoms with van der Waals surface area (Å²) in [6.07, 6.45) is 0.924. The second-order valence-corrected chi connectivity index (χ2v) is 6.14. The van der Waals surface area contributed by atoms with Gasteiger partial charge in [0.05, 0.1) is 7.05 Å². The van der Waals surface area contributed by atoms with E-state index < -0.39 is 0 Å². The molecule has 0 radical (unpaired) electrons. The van der Waals surface area contributed by atoms with Crippen LogP contribution in [0.3, 0.4) is 0 Å². The molecule has 23 heavy (non-hydrogen) atoms. The van der Waals surface area contributed by atoms with E-state index in [-0.39, 0.29) is 11.5 Å². The van der Waals surface area contributed by atoms with Crippen molar-refractivity contribution in [2.75, 3.05) is 20.1 Å². The van der Waals surface area contributed by atoms with E-state index in [9.17, 15) is 9.59 Å². The van der Waals surface area contributed by atoms with Gasteiger partial charge in [-0.1, -0.05) is 19.1 Å². The molecule has 0 fully saturated rings. The maximum absolute atomic E-state index is 11.9. The van der Waals surface area contributed by atoms with Gasteiger partial charge in [0.15, 0.2) is 6.54 Å². The highest BCUT2D eigenvalue weighted by Crippen LogP contribution is 2.22. The first-order valence-corrected chi connectivity index (χ1v) is 8.03. The lowest BCUT2D eigenvalue weighted by Gasteiger charge is -2.15. The van der Waals surface area contributed by atoms with Gasteiger partial charge in [0.2, 0.25) is 0 Å². The lowest BCUT2D eigenvalue weighted by Crippen LogP contribution is -3.08. The molecule has 1 unspecified atom stereocenters. The Hall–Kier alpha value is -2.14. The molecule has 2 aromatic rings. The summed E-state index contributed by atoms with van der Waals surface area (Å²) in [5.41, 5.74) is 3.30. The van der Waals surface area contributed by atoms with Crippen molar-refractivity contribution in [1.82, 2.24) is 5.32 Å². The number of amides is 1. The van der Waals surface area contributed by atoms with E-state index in [0.717, 1.165) is 33.4 Å². The van der Waals surface area contributed by atoms with Crippen molar-refractivity contribution < 1.29 is 14.1 Å². The van der Waals surface area contributed by atoms with Crippen LogP contribution in [0.5, 0.6) is 0 Å². The average Bonchev–Trinajstić information content (AvgIpc) is 2.49. The molecule has 1 aromatic carbocycles. The van der Waals surface area contributed by atoms with Crippen molar-refractivity contribution in [1.29, 1.82) is 0 Å². The van der Waals surface area contributed by atoms with Gasteiger partial charge >= 0.3 is 5.63 Å². The van der Waals surface area contributed by atoms with Crippen LogP contribution < -0.4 is 15.8 Å². The van der Waals surface area contributed by atoms with Crippen LogP contribution in [0.25, 0.3) is 11.0 Å². The van der Waals surface area contributed by atoms with Gasteiger partial charge in [-0.15, -0.1) is 0 Å². The molecule has 1 atom stereocenters. The van der Waals surface area contributed by atoms with Crippen LogP contribution in [-0.2, 0) is 11.3 Å². The zero-order valence-electron chi connectivity index (χ0n) is 14.3. The summed E-state index contributed by atoms with van der Waals surface area (Å²) in [5.74, 6) is 0.0312. The Bertz CT molecular complexity index is 765. The highest BCUT2D eigenvalue weighted by atomic mass is 16.4. The normalized spacial score (nSPS) is 12.3. The number of hydrogen-bond donors (Lipinski definition) is 2. The second kappa shape index (κ2) is 7.42. The zero-order chi connectivity index (χ0) is 17.0. The molecule has 0 aliphatic carbocycles. The van der Waals surface area contributed by atoms with Gasteiger partial charge in [0.1, 0.15) is 12.1 Å². The van der Waals surface area contributed by atoms with Crippen LogP contribution in [0, 0.1) is 13.8 Å². The van der Waals surface area contributed by atoms with Crippen LogP contribution in [0.4, 0.5) is 0 Å². The fourth-order valence-corrected chi connectivity index (χ4v) is 2.66. The van der Waals surface area contributed by atoms with Crippen molar-refractivity contribution in [3.05, 3.63) is 45.3 Å². The second-order valence-electron chi connectivity index (χ2n) is 6.14. The fraction of sp³-hybridized carbons (Fsp3) is 0.444. The smallest absolute Gasteiger partial charge is 0.336 e. The summed E-state index contributed by atoms with van der Waals surface area (Å²) >= 11 is 0. The maximum Gasteiger partial charge on any atom is 0.336 e. The first-order valence-electron chi connectivity index (χ1n) is 8.03. The third-order valence-electron chi connectivity index (χ3n) is 4.04. The van der Waals surface area contributed by atoms with Crippen molar-refractivity contribution in [2.24, 2.45) is 0 Å². The summed E-state index contributed by atoms with van der Waals surface area (Å²) in [6.45, 7) is 7.66. The number of fused-ring (bicyclic) bond motifs is 1. The SMILES string of the molecule is CCCNC(=O)C[NH+](C)Cc1cc(=O)oc2c(C)c(C)ccc12. The molecule has 5 heteroatoms. The minimum atomic E-state index is -0.343. The van der Waals surface area contributed by atoms with Crippen molar-refractivity contribution in [2.45, 2.75) is 33.7 Å². The number of rotatable bonds is 6. The molecule has 0 saturated heterocycles. The largest absolute Gasteiger partial charge is 0.422 e. The number of carbonyl (C=O) groups excluding carboxylic acids is 1. The molecular weight excluding hydrogens is 292 g/mol. The number of likely N-dealkylation sites (N-methyl/N-ethyl adjacent to an activating group) is 1. The average molecular weight is 317 g/mol. The minimum absolute atomic E-state index is 0.0312. The lowest BCUT2D eigenvalue weighted by molar-refractivity contribution is -0.885. The minimum Gasteiger partial charge on any atom is -0.422 e. The van der Waals surface area contributed by atoms with Gasteiger partial charge in [0.25, 0.3) is 5.91 Å². The number of carbonyl (C=O) groups is 1. The maximum atomic E-state index is 11.9. The van der Waals surface area contributed by atoms with Gasteiger partial charge in [0, 0.05) is 23.6 Å². The van der Waals surface area contributed by atoms with Gasteiger partial charge < -0.3 is 14.6 Å². The Morgan fingerprint density at radius 1 is 1.30 bits per heavy atom. The number of aryl methyl sites for hydroxylation is 2. The van der Waals surface area contributed by atoms with Crippen LogP contribution >= 0.6 is 0 Å². The van der Waals surface area contributed by atoms with Crippen LogP contribution in [-0.4, -0.2) is 26.0 Å². The molecule has 124 valence electrons. The predicted octanol–water partition coefficient (Wildman–Crippen LogP) is 0.951. The first kappa shape index (κ1) is 17.2. The predicted molar refractivity (Wildman–Crippen MR) is 90.7 cm³/mol. The fourth-order valence-electron chi connectivity index (χ4n) is 2.66. The summed E-state index contributed by atoms with van der Waals surface area (Å²) in [5, 5.41) is 3.82. The third-order valence-corrected chi connectivity index (χ3v) is 4.04. The zero-order valence-corrected chi connectivity index (χ0v) is 14.3. The highest BCUT2D eigenvalue weighted by Gasteiger charge is 2.15. The first-order chi connectivity index (χ1) is 10.9. The third kappa shape index (κ3) is 4.20. The van der Waals surface area contributed by atoms with E-state index >= 15 is 0 Å². The van der Waals surface area contributed by atoms with E-state index in [2.05, 4.69) is 5.32 Å². The molecule has 2 rings (SSSR count). The van der Waals surface area contributed by atoms with E-state index in [1.54, 1.807) is 0 Å². The Morgan fingerprint density at radius 2 is 2.04 bits per heavy atom. The standard InChI is InChI=1S/C18H24N2O3/c1-5-8-19-16(21)11-20(4)10-14-9-17(22)23-18-13(3)12(2)6-7-15(14)18/h6-7,9H,5,8,10-11H2,1-4H3,(H,19,21)/p+1. The highest BCUT2D eigenvalue weighted by molar-refractivity contribution is 5.83. The molecule has 1 aromatic heterocycles. The van der Waals surface area contributed by atoms with E-state index in [1.165, 1.54) is 6.07 Å². The van der Waals surface area contributed by atoms with Crippen molar-refractivity contribution in [3.8, 4) is 0 Å². The number of nitrogens with one attached hydrogen (secondary N) is 2. The summed E-state index contributed by atoms with van der Waals surface area (Å²) < 4.78 is 5.39. The molecule has 0 spiro atoms. The molecule has 1 heterocycles. The van der Waals surface area contributed by atoms with Crippen LogP contribution in [0.2, 0.25) is 0 Å².